The Morgan fingerprint density at radius 1 is 1.11 bits per heavy atom. The van der Waals surface area contributed by atoms with Crippen molar-refractivity contribution in [1.29, 1.82) is 0 Å². The van der Waals surface area contributed by atoms with Crippen LogP contribution in [-0.4, -0.2) is 33.1 Å². The summed E-state index contributed by atoms with van der Waals surface area (Å²) in [4.78, 5) is 3.55. The number of pyridine rings is 1. The molecule has 0 bridgehead atoms. The van der Waals surface area contributed by atoms with Crippen LogP contribution in [0.4, 0.5) is 13.2 Å². The summed E-state index contributed by atoms with van der Waals surface area (Å²) in [6, 6.07) is 2.22. The monoisotopic (exact) mass is 381 g/mol. The number of rotatable bonds is 4. The summed E-state index contributed by atoms with van der Waals surface area (Å²) >= 11 is 0. The zero-order valence-electron chi connectivity index (χ0n) is 16.0. The quantitative estimate of drug-likeness (QED) is 0.760. The standard InChI is InChI=1S/C18H23BF3N3O2/c1-6-14(12-7-8-15(23-9-12)18(20,21)22)25-11-13(10-24-25)19-26-16(2,3)17(4,5)27-19/h7-11,14H,6H2,1-5H3. The van der Waals surface area contributed by atoms with Crippen LogP contribution in [0.5, 0.6) is 0 Å². The second-order valence-electron chi connectivity index (χ2n) is 7.74. The van der Waals surface area contributed by atoms with Gasteiger partial charge in [-0.3, -0.25) is 9.67 Å². The van der Waals surface area contributed by atoms with Crippen LogP contribution < -0.4 is 5.46 Å². The van der Waals surface area contributed by atoms with E-state index >= 15 is 0 Å². The van der Waals surface area contributed by atoms with Crippen LogP contribution in [0.3, 0.4) is 0 Å². The van der Waals surface area contributed by atoms with Crippen molar-refractivity contribution >= 4 is 12.6 Å². The molecule has 0 N–H and O–H groups in total. The minimum Gasteiger partial charge on any atom is -0.399 e. The number of aromatic nitrogens is 3. The van der Waals surface area contributed by atoms with E-state index < -0.39 is 30.2 Å². The molecule has 1 atom stereocenters. The third kappa shape index (κ3) is 3.75. The maximum absolute atomic E-state index is 12.7. The number of hydrogen-bond acceptors (Lipinski definition) is 4. The van der Waals surface area contributed by atoms with Crippen LogP contribution >= 0.6 is 0 Å². The van der Waals surface area contributed by atoms with E-state index in [0.29, 0.717) is 12.0 Å². The van der Waals surface area contributed by atoms with Gasteiger partial charge < -0.3 is 9.31 Å². The Balaban J connectivity index is 1.82. The van der Waals surface area contributed by atoms with E-state index in [0.717, 1.165) is 11.5 Å². The van der Waals surface area contributed by atoms with Crippen molar-refractivity contribution < 1.29 is 22.5 Å². The molecule has 9 heteroatoms. The summed E-state index contributed by atoms with van der Waals surface area (Å²) in [5, 5.41) is 4.38. The Morgan fingerprint density at radius 2 is 1.74 bits per heavy atom. The van der Waals surface area contributed by atoms with Gasteiger partial charge in [0.2, 0.25) is 0 Å². The molecule has 146 valence electrons. The third-order valence-electron chi connectivity index (χ3n) is 5.31. The molecule has 27 heavy (non-hydrogen) atoms. The normalized spacial score (nSPS) is 20.1. The zero-order chi connectivity index (χ0) is 20.0. The number of alkyl halides is 3. The van der Waals surface area contributed by atoms with Gasteiger partial charge in [0.15, 0.2) is 0 Å². The molecule has 0 radical (unpaired) electrons. The fourth-order valence-corrected chi connectivity index (χ4v) is 2.97. The Morgan fingerprint density at radius 3 is 2.22 bits per heavy atom. The van der Waals surface area contributed by atoms with Gasteiger partial charge in [0.25, 0.3) is 0 Å². The average Bonchev–Trinajstić information content (AvgIpc) is 3.11. The summed E-state index contributed by atoms with van der Waals surface area (Å²) in [6.07, 6.45) is 0.941. The molecule has 1 fully saturated rings. The fourth-order valence-electron chi connectivity index (χ4n) is 2.97. The summed E-state index contributed by atoms with van der Waals surface area (Å²) in [5.41, 5.74) is -0.386. The molecule has 3 heterocycles. The van der Waals surface area contributed by atoms with Crippen molar-refractivity contribution in [2.75, 3.05) is 0 Å². The molecule has 5 nitrogen and oxygen atoms in total. The summed E-state index contributed by atoms with van der Waals surface area (Å²) in [7, 11) is -0.535. The predicted molar refractivity (Wildman–Crippen MR) is 95.6 cm³/mol. The molecule has 1 aliphatic heterocycles. The second-order valence-corrected chi connectivity index (χ2v) is 7.74. The minimum absolute atomic E-state index is 0.226. The highest BCUT2D eigenvalue weighted by atomic mass is 19.4. The first-order chi connectivity index (χ1) is 12.4. The molecule has 1 unspecified atom stereocenters. The SMILES string of the molecule is CCC(c1ccc(C(F)(F)F)nc1)n1cc(B2OC(C)(C)C(C)(C)O2)cn1. The van der Waals surface area contributed by atoms with E-state index in [1.807, 2.05) is 40.8 Å². The Labute approximate surface area is 157 Å². The molecular formula is C18H23BF3N3O2. The predicted octanol–water partition coefficient (Wildman–Crippen LogP) is 3.60. The van der Waals surface area contributed by atoms with Gasteiger partial charge >= 0.3 is 13.3 Å². The maximum atomic E-state index is 12.7. The molecule has 0 amide bonds. The highest BCUT2D eigenvalue weighted by molar-refractivity contribution is 6.62. The summed E-state index contributed by atoms with van der Waals surface area (Å²) in [6.45, 7) is 9.83. The van der Waals surface area contributed by atoms with Gasteiger partial charge in [0.05, 0.1) is 17.2 Å². The molecule has 3 rings (SSSR count). The first-order valence-corrected chi connectivity index (χ1v) is 8.87. The topological polar surface area (TPSA) is 49.2 Å². The Bertz CT molecular complexity index is 787. The summed E-state index contributed by atoms with van der Waals surface area (Å²) in [5.74, 6) is 0. The summed E-state index contributed by atoms with van der Waals surface area (Å²) < 4.78 is 51.9. The largest absolute Gasteiger partial charge is 0.498 e. The van der Waals surface area contributed by atoms with Crippen LogP contribution in [0.25, 0.3) is 0 Å². The third-order valence-corrected chi connectivity index (χ3v) is 5.31. The molecule has 2 aromatic rings. The van der Waals surface area contributed by atoms with Gasteiger partial charge in [-0.2, -0.15) is 18.3 Å². The van der Waals surface area contributed by atoms with E-state index in [2.05, 4.69) is 10.1 Å². The second kappa shape index (κ2) is 6.63. The number of hydrogen-bond donors (Lipinski definition) is 0. The maximum Gasteiger partial charge on any atom is 0.498 e. The lowest BCUT2D eigenvalue weighted by Gasteiger charge is -2.32. The highest BCUT2D eigenvalue weighted by Gasteiger charge is 2.52. The Kier molecular flexibility index (Phi) is 4.88. The highest BCUT2D eigenvalue weighted by Crippen LogP contribution is 2.36. The van der Waals surface area contributed by atoms with Gasteiger partial charge in [-0.15, -0.1) is 0 Å². The van der Waals surface area contributed by atoms with E-state index in [1.54, 1.807) is 10.9 Å². The van der Waals surface area contributed by atoms with Crippen LogP contribution in [-0.2, 0) is 15.5 Å². The molecule has 1 aliphatic rings. The van der Waals surface area contributed by atoms with E-state index in [4.69, 9.17) is 9.31 Å². The van der Waals surface area contributed by atoms with Crippen LogP contribution in [0.2, 0.25) is 0 Å². The zero-order valence-corrected chi connectivity index (χ0v) is 16.0. The van der Waals surface area contributed by atoms with E-state index in [9.17, 15) is 13.2 Å². The van der Waals surface area contributed by atoms with Crippen molar-refractivity contribution in [3.05, 3.63) is 42.0 Å². The lowest BCUT2D eigenvalue weighted by atomic mass is 9.82. The molecule has 1 saturated heterocycles. The van der Waals surface area contributed by atoms with Gasteiger partial charge in [-0.25, -0.2) is 0 Å². The van der Waals surface area contributed by atoms with Crippen molar-refractivity contribution in [2.45, 2.75) is 64.5 Å². The number of nitrogens with zero attached hydrogens (tertiary/aromatic N) is 3. The van der Waals surface area contributed by atoms with Crippen molar-refractivity contribution in [2.24, 2.45) is 0 Å². The minimum atomic E-state index is -4.45. The van der Waals surface area contributed by atoms with Gasteiger partial charge in [-0.1, -0.05) is 13.0 Å². The molecular weight excluding hydrogens is 358 g/mol. The smallest absolute Gasteiger partial charge is 0.399 e. The lowest BCUT2D eigenvalue weighted by Crippen LogP contribution is -2.41. The molecule has 0 aromatic carbocycles. The van der Waals surface area contributed by atoms with Crippen molar-refractivity contribution in [1.82, 2.24) is 14.8 Å². The van der Waals surface area contributed by atoms with Gasteiger partial charge in [0, 0.05) is 24.1 Å². The fraction of sp³-hybridized carbons (Fsp3) is 0.556. The van der Waals surface area contributed by atoms with Gasteiger partial charge in [0.1, 0.15) is 5.69 Å². The van der Waals surface area contributed by atoms with Crippen LogP contribution in [0, 0.1) is 0 Å². The van der Waals surface area contributed by atoms with Crippen LogP contribution in [0.15, 0.2) is 30.7 Å². The van der Waals surface area contributed by atoms with E-state index in [-0.39, 0.29) is 6.04 Å². The first-order valence-electron chi connectivity index (χ1n) is 8.87. The molecule has 0 spiro atoms. The lowest BCUT2D eigenvalue weighted by molar-refractivity contribution is -0.141. The molecule has 2 aromatic heterocycles. The van der Waals surface area contributed by atoms with Gasteiger partial charge in [-0.05, 0) is 45.7 Å². The van der Waals surface area contributed by atoms with Crippen molar-refractivity contribution in [3.63, 3.8) is 0 Å². The average molecular weight is 381 g/mol. The number of halogens is 3. The Hall–Kier alpha value is -1.87. The molecule has 0 saturated carbocycles. The molecule has 0 aliphatic carbocycles. The van der Waals surface area contributed by atoms with E-state index in [1.165, 1.54) is 12.3 Å². The first kappa shape index (κ1) is 19.9. The van der Waals surface area contributed by atoms with Crippen LogP contribution in [0.1, 0.15) is 58.3 Å². The van der Waals surface area contributed by atoms with Crippen molar-refractivity contribution in [3.8, 4) is 0 Å².